The first-order chi connectivity index (χ1) is 13.5. The Morgan fingerprint density at radius 1 is 1.11 bits per heavy atom. The van der Waals surface area contributed by atoms with Gasteiger partial charge >= 0.3 is 174 Å². The van der Waals surface area contributed by atoms with Crippen LogP contribution in [0.4, 0.5) is 14.9 Å². The molecule has 1 aliphatic rings. The zero-order valence-electron chi connectivity index (χ0n) is 17.7. The molecule has 1 atom stereocenters. The van der Waals surface area contributed by atoms with E-state index in [9.17, 15) is 9.90 Å². The van der Waals surface area contributed by atoms with Crippen LogP contribution in [-0.4, -0.2) is 48.8 Å². The zero-order valence-corrected chi connectivity index (χ0v) is 20.5. The molecule has 1 fully saturated rings. The Bertz CT molecular complexity index is 618. The van der Waals surface area contributed by atoms with E-state index >= 15 is 4.39 Å². The predicted octanol–water partition coefficient (Wildman–Crippen LogP) is 5.20. The molecule has 28 heavy (non-hydrogen) atoms. The Balaban J connectivity index is 2.40. The van der Waals surface area contributed by atoms with E-state index < -0.39 is 30.5 Å². The molecule has 1 N–H and O–H groups in total. The number of halogens is 1. The van der Waals surface area contributed by atoms with Gasteiger partial charge in [0.2, 0.25) is 0 Å². The van der Waals surface area contributed by atoms with Crippen molar-refractivity contribution in [1.29, 1.82) is 0 Å². The normalized spacial score (nSPS) is 17.2. The molecule has 6 heteroatoms. The molecular weight excluding hydrogens is 464 g/mol. The van der Waals surface area contributed by atoms with E-state index in [4.69, 9.17) is 4.74 Å². The fourth-order valence-corrected chi connectivity index (χ4v) is 20.5. The molecule has 1 saturated heterocycles. The van der Waals surface area contributed by atoms with Crippen LogP contribution in [0.3, 0.4) is 0 Å². The summed E-state index contributed by atoms with van der Waals surface area (Å²) in [7, 11) is 0. The van der Waals surface area contributed by atoms with Gasteiger partial charge in [-0.3, -0.25) is 0 Å². The van der Waals surface area contributed by atoms with E-state index in [1.807, 2.05) is 12.1 Å². The standard InChI is InChI=1S/C10H9FNO3.3C4H9.Sn/c11-7-2-1-3-8(4-7)12-9(5-13)6-15-10(12)14;3*1-3-4-2;/h1,3-4,9,13H,5-6H2;3*1,3-4H2,2H3;/t9-;;;;/m1..../s1. The van der Waals surface area contributed by atoms with Crippen molar-refractivity contribution < 1.29 is 19.0 Å². The van der Waals surface area contributed by atoms with Crippen LogP contribution in [0.25, 0.3) is 0 Å². The number of carbonyl (C=O) groups excluding carboxylic acids is 1. The summed E-state index contributed by atoms with van der Waals surface area (Å²) in [6.07, 6.45) is 6.46. The molecule has 0 radical (unpaired) electrons. The average molecular weight is 500 g/mol. The van der Waals surface area contributed by atoms with Crippen molar-refractivity contribution in [3.63, 3.8) is 0 Å². The first-order valence-corrected chi connectivity index (χ1v) is 18.4. The SMILES string of the molecule is CCC[CH2][Sn]([CH2]CCC)([CH2]CCC)[c]1ccc(N2C(=O)OC[C@H]2CO)cc1F. The number of cyclic esters (lactones) is 1. The summed E-state index contributed by atoms with van der Waals surface area (Å²) in [6.45, 7) is 6.59. The molecule has 1 heterocycles. The summed E-state index contributed by atoms with van der Waals surface area (Å²) < 4.78 is 25.1. The summed E-state index contributed by atoms with van der Waals surface area (Å²) in [4.78, 5) is 13.4. The minimum absolute atomic E-state index is 0.144. The number of hydrogen-bond donors (Lipinski definition) is 1. The maximum atomic E-state index is 15.4. The summed E-state index contributed by atoms with van der Waals surface area (Å²) in [5, 5.41) is 9.50. The Kier molecular flexibility index (Phi) is 9.54. The Morgan fingerprint density at radius 2 is 1.68 bits per heavy atom. The van der Waals surface area contributed by atoms with Gasteiger partial charge in [0, 0.05) is 0 Å². The van der Waals surface area contributed by atoms with Crippen LogP contribution in [0.15, 0.2) is 18.2 Å². The molecule has 0 bridgehead atoms. The summed E-state index contributed by atoms with van der Waals surface area (Å²) >= 11 is -2.86. The molecule has 0 unspecified atom stereocenters. The maximum absolute atomic E-state index is 15.4. The van der Waals surface area contributed by atoms with Gasteiger partial charge < -0.3 is 0 Å². The molecule has 1 aromatic rings. The van der Waals surface area contributed by atoms with Crippen LogP contribution in [-0.2, 0) is 4.74 Å². The van der Waals surface area contributed by atoms with Crippen molar-refractivity contribution in [3.8, 4) is 0 Å². The minimum atomic E-state index is -2.86. The monoisotopic (exact) mass is 501 g/mol. The Hall–Kier alpha value is -0.821. The van der Waals surface area contributed by atoms with E-state index in [0.29, 0.717) is 5.69 Å². The molecule has 4 nitrogen and oxygen atoms in total. The molecule has 0 aromatic heterocycles. The number of nitrogens with zero attached hydrogens (tertiary/aromatic N) is 1. The third-order valence-corrected chi connectivity index (χ3v) is 21.6. The fraction of sp³-hybridized carbons (Fsp3) is 0.682. The Labute approximate surface area is 173 Å². The topological polar surface area (TPSA) is 49.8 Å². The number of benzene rings is 1. The van der Waals surface area contributed by atoms with Gasteiger partial charge in [-0.05, 0) is 0 Å². The number of aliphatic hydroxyl groups excluding tert-OH is 1. The van der Waals surface area contributed by atoms with E-state index in [-0.39, 0.29) is 19.0 Å². The van der Waals surface area contributed by atoms with E-state index in [1.165, 1.54) is 43.5 Å². The number of rotatable bonds is 12. The number of ether oxygens (including phenoxy) is 1. The van der Waals surface area contributed by atoms with Crippen molar-refractivity contribution >= 4 is 33.7 Å². The average Bonchev–Trinajstić information content (AvgIpc) is 3.08. The van der Waals surface area contributed by atoms with Crippen molar-refractivity contribution in [2.45, 2.75) is 78.6 Å². The molecule has 158 valence electrons. The zero-order chi connectivity index (χ0) is 20.6. The van der Waals surface area contributed by atoms with Crippen molar-refractivity contribution in [1.82, 2.24) is 0 Å². The molecule has 0 aliphatic carbocycles. The second-order valence-corrected chi connectivity index (χ2v) is 21.2. The van der Waals surface area contributed by atoms with Crippen LogP contribution in [0, 0.1) is 5.82 Å². The summed E-state index contributed by atoms with van der Waals surface area (Å²) in [5.41, 5.74) is 0.490. The third kappa shape index (κ3) is 5.41. The van der Waals surface area contributed by atoms with Gasteiger partial charge in [0.1, 0.15) is 0 Å². The number of aliphatic hydroxyl groups is 1. The van der Waals surface area contributed by atoms with Crippen LogP contribution >= 0.6 is 0 Å². The van der Waals surface area contributed by atoms with Gasteiger partial charge in [-0.1, -0.05) is 0 Å². The second kappa shape index (κ2) is 11.4. The molecule has 1 aromatic carbocycles. The number of anilines is 1. The number of unbranched alkanes of at least 4 members (excludes halogenated alkanes) is 3. The van der Waals surface area contributed by atoms with Crippen LogP contribution in [0.2, 0.25) is 13.3 Å². The van der Waals surface area contributed by atoms with E-state index in [2.05, 4.69) is 20.8 Å². The quantitative estimate of drug-likeness (QED) is 0.402. The van der Waals surface area contributed by atoms with E-state index in [0.717, 1.165) is 22.8 Å². The summed E-state index contributed by atoms with van der Waals surface area (Å²) in [5.74, 6) is -0.159. The van der Waals surface area contributed by atoms with Gasteiger partial charge in [0.05, 0.1) is 0 Å². The molecule has 1 amide bonds. The number of hydrogen-bond acceptors (Lipinski definition) is 3. The summed E-state index contributed by atoms with van der Waals surface area (Å²) in [6, 6.07) is 4.89. The first kappa shape index (κ1) is 23.5. The Morgan fingerprint density at radius 3 is 2.14 bits per heavy atom. The molecule has 0 spiro atoms. The van der Waals surface area contributed by atoms with Crippen molar-refractivity contribution in [3.05, 3.63) is 24.0 Å². The van der Waals surface area contributed by atoms with Crippen LogP contribution < -0.4 is 8.48 Å². The van der Waals surface area contributed by atoms with Gasteiger partial charge in [0.25, 0.3) is 0 Å². The first-order valence-electron chi connectivity index (χ1n) is 10.9. The van der Waals surface area contributed by atoms with Crippen LogP contribution in [0.5, 0.6) is 0 Å². The molecule has 0 saturated carbocycles. The molecule has 2 rings (SSSR count). The van der Waals surface area contributed by atoms with Gasteiger partial charge in [-0.2, -0.15) is 0 Å². The second-order valence-electron chi connectivity index (χ2n) is 8.04. The molecule has 1 aliphatic heterocycles. The van der Waals surface area contributed by atoms with Gasteiger partial charge in [-0.25, -0.2) is 0 Å². The molecular formula is C22H36FNO3Sn. The number of carbonyl (C=O) groups is 1. The fourth-order valence-electron chi connectivity index (χ4n) is 4.32. The predicted molar refractivity (Wildman–Crippen MR) is 116 cm³/mol. The van der Waals surface area contributed by atoms with Crippen molar-refractivity contribution in [2.24, 2.45) is 0 Å². The van der Waals surface area contributed by atoms with Crippen molar-refractivity contribution in [2.75, 3.05) is 18.1 Å². The van der Waals surface area contributed by atoms with Gasteiger partial charge in [-0.15, -0.1) is 0 Å². The number of amides is 1. The van der Waals surface area contributed by atoms with Crippen LogP contribution in [0.1, 0.15) is 59.3 Å². The van der Waals surface area contributed by atoms with Gasteiger partial charge in [0.15, 0.2) is 0 Å². The third-order valence-electron chi connectivity index (χ3n) is 6.00. The van der Waals surface area contributed by atoms with E-state index in [1.54, 1.807) is 0 Å².